The van der Waals surface area contributed by atoms with E-state index in [0.717, 1.165) is 27.7 Å². The van der Waals surface area contributed by atoms with Crippen molar-refractivity contribution in [2.45, 2.75) is 35.6 Å². The molecule has 0 atom stereocenters. The van der Waals surface area contributed by atoms with Gasteiger partial charge in [-0.15, -0.1) is 0 Å². The zero-order chi connectivity index (χ0) is 20.5. The number of hydrogen-bond acceptors (Lipinski definition) is 3. The van der Waals surface area contributed by atoms with E-state index in [1.54, 1.807) is 25.3 Å². The van der Waals surface area contributed by atoms with Crippen molar-refractivity contribution in [2.75, 3.05) is 12.4 Å². The van der Waals surface area contributed by atoms with Gasteiger partial charge in [-0.3, -0.25) is 9.48 Å². The highest BCUT2D eigenvalue weighted by Gasteiger charge is 2.22. The predicted molar refractivity (Wildman–Crippen MR) is 126 cm³/mol. The van der Waals surface area contributed by atoms with E-state index in [1.165, 1.54) is 12.8 Å². The SMILES string of the molecule is COc1cc2nn([C@H]3CC[C@H](I)CC3)cc2cc1NC(=O)c1ccc(Cl)c(Cl)c1. The van der Waals surface area contributed by atoms with Crippen molar-refractivity contribution < 1.29 is 9.53 Å². The summed E-state index contributed by atoms with van der Waals surface area (Å²) in [5.74, 6) is 0.279. The first-order valence-electron chi connectivity index (χ1n) is 9.42. The Labute approximate surface area is 192 Å². The molecule has 0 spiro atoms. The number of nitrogens with one attached hydrogen (secondary N) is 1. The highest BCUT2D eigenvalue weighted by molar-refractivity contribution is 14.1. The predicted octanol–water partition coefficient (Wildman–Crippen LogP) is 6.52. The van der Waals surface area contributed by atoms with E-state index in [9.17, 15) is 4.79 Å². The van der Waals surface area contributed by atoms with Gasteiger partial charge in [-0.1, -0.05) is 45.8 Å². The van der Waals surface area contributed by atoms with E-state index in [4.69, 9.17) is 33.0 Å². The number of benzene rings is 2. The van der Waals surface area contributed by atoms with E-state index in [2.05, 4.69) is 38.8 Å². The van der Waals surface area contributed by atoms with Crippen LogP contribution in [0.15, 0.2) is 36.5 Å². The number of carbonyl (C=O) groups excluding carboxylic acids is 1. The van der Waals surface area contributed by atoms with Crippen molar-refractivity contribution >= 4 is 68.3 Å². The maximum absolute atomic E-state index is 12.7. The average Bonchev–Trinajstić information content (AvgIpc) is 3.12. The van der Waals surface area contributed by atoms with Crippen molar-refractivity contribution in [3.05, 3.63) is 52.1 Å². The second kappa shape index (κ2) is 8.70. The van der Waals surface area contributed by atoms with Crippen LogP contribution in [0.5, 0.6) is 5.75 Å². The van der Waals surface area contributed by atoms with E-state index in [-0.39, 0.29) is 5.91 Å². The molecular weight excluding hydrogens is 524 g/mol. The van der Waals surface area contributed by atoms with Crippen molar-refractivity contribution in [1.82, 2.24) is 9.78 Å². The summed E-state index contributed by atoms with van der Waals surface area (Å²) in [5.41, 5.74) is 1.87. The molecule has 5 nitrogen and oxygen atoms in total. The van der Waals surface area contributed by atoms with Crippen molar-refractivity contribution in [3.63, 3.8) is 0 Å². The minimum Gasteiger partial charge on any atom is -0.494 e. The first kappa shape index (κ1) is 20.8. The Bertz CT molecular complexity index is 1060. The summed E-state index contributed by atoms with van der Waals surface area (Å²) in [6.45, 7) is 0. The molecule has 1 aliphatic rings. The topological polar surface area (TPSA) is 56.1 Å². The number of methoxy groups -OCH3 is 1. The number of amides is 1. The maximum Gasteiger partial charge on any atom is 0.255 e. The van der Waals surface area contributed by atoms with Crippen LogP contribution < -0.4 is 10.1 Å². The summed E-state index contributed by atoms with van der Waals surface area (Å²) in [5, 5.41) is 9.38. The molecule has 1 aliphatic carbocycles. The van der Waals surface area contributed by atoms with Gasteiger partial charge in [0.15, 0.2) is 0 Å². The Hall–Kier alpha value is -1.51. The number of nitrogens with zero attached hydrogens (tertiary/aromatic N) is 2. The third-order valence-corrected chi connectivity index (χ3v) is 7.26. The Balaban J connectivity index is 1.61. The van der Waals surface area contributed by atoms with E-state index in [0.29, 0.717) is 33.1 Å². The van der Waals surface area contributed by atoms with Gasteiger partial charge < -0.3 is 10.1 Å². The van der Waals surface area contributed by atoms with Gasteiger partial charge in [-0.2, -0.15) is 5.10 Å². The molecule has 8 heteroatoms. The molecular formula is C21H20Cl2IN3O2. The second-order valence-electron chi connectivity index (χ2n) is 7.21. The normalized spacial score (nSPS) is 19.3. The van der Waals surface area contributed by atoms with E-state index < -0.39 is 0 Å². The van der Waals surface area contributed by atoms with Gasteiger partial charge in [0.2, 0.25) is 0 Å². The van der Waals surface area contributed by atoms with Gasteiger partial charge in [0.05, 0.1) is 34.4 Å². The summed E-state index contributed by atoms with van der Waals surface area (Å²) in [6.07, 6.45) is 6.77. The molecule has 3 aromatic rings. The van der Waals surface area contributed by atoms with Gasteiger partial charge in [-0.25, -0.2) is 0 Å². The van der Waals surface area contributed by atoms with Gasteiger partial charge >= 0.3 is 0 Å². The van der Waals surface area contributed by atoms with Crippen LogP contribution in [0.1, 0.15) is 42.1 Å². The van der Waals surface area contributed by atoms with Crippen LogP contribution in [0.3, 0.4) is 0 Å². The summed E-state index contributed by atoms with van der Waals surface area (Å²) < 4.78 is 8.32. The fourth-order valence-electron chi connectivity index (χ4n) is 3.66. The van der Waals surface area contributed by atoms with Crippen LogP contribution in [-0.2, 0) is 0 Å². The lowest BCUT2D eigenvalue weighted by Crippen LogP contribution is -2.18. The van der Waals surface area contributed by atoms with Crippen LogP contribution in [0.2, 0.25) is 10.0 Å². The van der Waals surface area contributed by atoms with E-state index >= 15 is 0 Å². The molecule has 29 heavy (non-hydrogen) atoms. The number of halogens is 3. The molecule has 1 heterocycles. The standard InChI is InChI=1S/C21H20Cl2IN3O2/c1-29-20-10-18-13(11-27(26-18)15-5-3-14(24)4-6-15)9-19(20)25-21(28)12-2-7-16(22)17(23)8-12/h2,7-11,14-15H,3-6H2,1H3,(H,25,28)/t14-,15-. The molecule has 1 saturated carbocycles. The van der Waals surface area contributed by atoms with Crippen molar-refractivity contribution in [3.8, 4) is 5.75 Å². The number of hydrogen-bond donors (Lipinski definition) is 1. The smallest absolute Gasteiger partial charge is 0.255 e. The van der Waals surface area contributed by atoms with Crippen molar-refractivity contribution in [1.29, 1.82) is 0 Å². The zero-order valence-corrected chi connectivity index (χ0v) is 19.5. The minimum atomic E-state index is -0.283. The number of alkyl halides is 1. The maximum atomic E-state index is 12.7. The van der Waals surface area contributed by atoms with Crippen LogP contribution >= 0.6 is 45.8 Å². The molecule has 0 bridgehead atoms. The molecule has 2 aromatic carbocycles. The van der Waals surface area contributed by atoms with Crippen molar-refractivity contribution in [2.24, 2.45) is 0 Å². The Morgan fingerprint density at radius 3 is 2.62 bits per heavy atom. The Kier molecular flexibility index (Phi) is 6.22. The fraction of sp³-hybridized carbons (Fsp3) is 0.333. The molecule has 0 saturated heterocycles. The summed E-state index contributed by atoms with van der Waals surface area (Å²) >= 11 is 14.5. The average molecular weight is 544 g/mol. The van der Waals surface area contributed by atoms with Crippen LogP contribution in [0.25, 0.3) is 10.9 Å². The molecule has 0 aliphatic heterocycles. The molecule has 1 aromatic heterocycles. The monoisotopic (exact) mass is 543 g/mol. The molecule has 152 valence electrons. The lowest BCUT2D eigenvalue weighted by atomic mass is 9.96. The van der Waals surface area contributed by atoms with Crippen LogP contribution in [0.4, 0.5) is 5.69 Å². The van der Waals surface area contributed by atoms with E-state index in [1.807, 2.05) is 12.1 Å². The number of aromatic nitrogens is 2. The summed E-state index contributed by atoms with van der Waals surface area (Å²) in [7, 11) is 1.58. The summed E-state index contributed by atoms with van der Waals surface area (Å²) in [6, 6.07) is 8.97. The Morgan fingerprint density at radius 1 is 1.17 bits per heavy atom. The van der Waals surface area contributed by atoms with Gasteiger partial charge in [-0.05, 0) is 49.9 Å². The van der Waals surface area contributed by atoms with Gasteiger partial charge in [0.25, 0.3) is 5.91 Å². The number of anilines is 1. The molecule has 4 rings (SSSR count). The summed E-state index contributed by atoms with van der Waals surface area (Å²) in [4.78, 5) is 12.7. The third kappa shape index (κ3) is 4.49. The fourth-order valence-corrected chi connectivity index (χ4v) is 4.67. The number of ether oxygens (including phenoxy) is 1. The molecule has 0 unspecified atom stereocenters. The lowest BCUT2D eigenvalue weighted by Gasteiger charge is -2.25. The lowest BCUT2D eigenvalue weighted by molar-refractivity contribution is 0.102. The number of fused-ring (bicyclic) bond motifs is 1. The van der Waals surface area contributed by atoms with Crippen LogP contribution in [0, 0.1) is 0 Å². The van der Waals surface area contributed by atoms with Gasteiger partial charge in [0, 0.05) is 27.1 Å². The second-order valence-corrected chi connectivity index (χ2v) is 9.79. The minimum absolute atomic E-state index is 0.283. The molecule has 1 amide bonds. The quantitative estimate of drug-likeness (QED) is 0.301. The van der Waals surface area contributed by atoms with Gasteiger partial charge in [0.1, 0.15) is 5.75 Å². The molecule has 1 fully saturated rings. The third-order valence-electron chi connectivity index (χ3n) is 5.27. The highest BCUT2D eigenvalue weighted by Crippen LogP contribution is 2.35. The molecule has 1 N–H and O–H groups in total. The number of carbonyl (C=O) groups is 1. The van der Waals surface area contributed by atoms with Crippen LogP contribution in [-0.4, -0.2) is 26.7 Å². The molecule has 0 radical (unpaired) electrons. The first-order valence-corrected chi connectivity index (χ1v) is 11.4. The largest absolute Gasteiger partial charge is 0.494 e. The highest BCUT2D eigenvalue weighted by atomic mass is 127. The zero-order valence-electron chi connectivity index (χ0n) is 15.8. The number of rotatable bonds is 4. The Morgan fingerprint density at radius 2 is 1.93 bits per heavy atom. The first-order chi connectivity index (χ1) is 13.9.